The van der Waals surface area contributed by atoms with E-state index in [0.717, 1.165) is 0 Å². The molecule has 0 saturated carbocycles. The minimum absolute atomic E-state index is 0.650. The number of rotatable bonds is 2. The van der Waals surface area contributed by atoms with Gasteiger partial charge in [-0.15, -0.1) is 0 Å². The van der Waals surface area contributed by atoms with Crippen LogP contribution in [0.2, 0.25) is 5.02 Å². The Bertz CT molecular complexity index is 224. The number of halogens is 1. The maximum absolute atomic E-state index is 9.15. The van der Waals surface area contributed by atoms with Gasteiger partial charge in [-0.3, -0.25) is 0 Å². The summed E-state index contributed by atoms with van der Waals surface area (Å²) < 4.78 is 4.69. The lowest BCUT2D eigenvalue weighted by Gasteiger charge is -2.02. The molecule has 4 heteroatoms. The van der Waals surface area contributed by atoms with Crippen molar-refractivity contribution in [2.45, 2.75) is 0 Å². The normalized spacial score (nSPS) is 9.73. The summed E-state index contributed by atoms with van der Waals surface area (Å²) in [4.78, 5) is 0. The fraction of sp³-hybridized carbons (Fsp3) is 0.143. The van der Waals surface area contributed by atoms with E-state index in [2.05, 4.69) is 4.65 Å². The first kappa shape index (κ1) is 8.59. The molecular formula is C7H8BClO2. The van der Waals surface area contributed by atoms with E-state index in [1.165, 1.54) is 7.11 Å². The van der Waals surface area contributed by atoms with Crippen molar-refractivity contribution in [3.8, 4) is 0 Å². The summed E-state index contributed by atoms with van der Waals surface area (Å²) in [6.07, 6.45) is 0. The van der Waals surface area contributed by atoms with Crippen LogP contribution in [0.1, 0.15) is 0 Å². The molecule has 0 fully saturated rings. The lowest BCUT2D eigenvalue weighted by Crippen LogP contribution is -2.31. The summed E-state index contributed by atoms with van der Waals surface area (Å²) >= 11 is 5.64. The predicted molar refractivity (Wildman–Crippen MR) is 46.1 cm³/mol. The van der Waals surface area contributed by atoms with Crippen molar-refractivity contribution in [2.24, 2.45) is 0 Å². The zero-order chi connectivity index (χ0) is 8.27. The Balaban J connectivity index is 2.81. The van der Waals surface area contributed by atoms with Crippen molar-refractivity contribution < 1.29 is 9.68 Å². The van der Waals surface area contributed by atoms with Gasteiger partial charge in [0.25, 0.3) is 0 Å². The third kappa shape index (κ3) is 2.22. The third-order valence-corrected chi connectivity index (χ3v) is 1.63. The highest BCUT2D eigenvalue weighted by Gasteiger charge is 2.12. The molecule has 0 unspecified atom stereocenters. The first-order valence-corrected chi connectivity index (χ1v) is 3.58. The number of hydrogen-bond donors (Lipinski definition) is 1. The molecule has 1 N–H and O–H groups in total. The Morgan fingerprint density at radius 1 is 1.36 bits per heavy atom. The van der Waals surface area contributed by atoms with E-state index >= 15 is 0 Å². The van der Waals surface area contributed by atoms with Crippen LogP contribution >= 0.6 is 11.6 Å². The molecule has 0 aliphatic rings. The molecule has 0 aromatic heterocycles. The zero-order valence-corrected chi connectivity index (χ0v) is 6.88. The third-order valence-electron chi connectivity index (χ3n) is 1.38. The summed E-state index contributed by atoms with van der Waals surface area (Å²) in [6.45, 7) is 0. The van der Waals surface area contributed by atoms with Gasteiger partial charge in [-0.25, -0.2) is 0 Å². The van der Waals surface area contributed by atoms with Crippen molar-refractivity contribution in [2.75, 3.05) is 7.11 Å². The molecule has 11 heavy (non-hydrogen) atoms. The van der Waals surface area contributed by atoms with Crippen LogP contribution in [-0.2, 0) is 4.65 Å². The Hall–Kier alpha value is -0.505. The first-order valence-electron chi connectivity index (χ1n) is 3.20. The van der Waals surface area contributed by atoms with Crippen LogP contribution in [0.5, 0.6) is 0 Å². The lowest BCUT2D eigenvalue weighted by atomic mass is 9.80. The molecule has 0 radical (unpaired) electrons. The fourth-order valence-corrected chi connectivity index (χ4v) is 0.889. The van der Waals surface area contributed by atoms with E-state index in [4.69, 9.17) is 16.6 Å². The summed E-state index contributed by atoms with van der Waals surface area (Å²) in [5.74, 6) is 0. The van der Waals surface area contributed by atoms with Gasteiger partial charge in [0.2, 0.25) is 0 Å². The molecule has 0 bridgehead atoms. The number of hydrogen-bond acceptors (Lipinski definition) is 2. The summed E-state index contributed by atoms with van der Waals surface area (Å²) in [6, 6.07) is 6.85. The average Bonchev–Trinajstić information content (AvgIpc) is 2.05. The zero-order valence-electron chi connectivity index (χ0n) is 6.12. The van der Waals surface area contributed by atoms with Crippen molar-refractivity contribution in [1.82, 2.24) is 0 Å². The second-order valence-corrected chi connectivity index (χ2v) is 2.58. The molecule has 0 heterocycles. The fourth-order valence-electron chi connectivity index (χ4n) is 0.763. The maximum atomic E-state index is 9.15. The Morgan fingerprint density at radius 3 is 2.36 bits per heavy atom. The van der Waals surface area contributed by atoms with Gasteiger partial charge < -0.3 is 9.68 Å². The Morgan fingerprint density at radius 2 is 1.91 bits per heavy atom. The molecule has 1 aromatic carbocycles. The SMILES string of the molecule is COB(O)c1ccc(Cl)cc1. The second kappa shape index (κ2) is 3.76. The van der Waals surface area contributed by atoms with Crippen molar-refractivity contribution in [1.29, 1.82) is 0 Å². The van der Waals surface area contributed by atoms with Gasteiger partial charge in [-0.05, 0) is 17.6 Å². The second-order valence-electron chi connectivity index (χ2n) is 2.14. The van der Waals surface area contributed by atoms with Crippen molar-refractivity contribution >= 4 is 24.2 Å². The van der Waals surface area contributed by atoms with Gasteiger partial charge in [0.1, 0.15) is 0 Å². The van der Waals surface area contributed by atoms with Crippen LogP contribution in [0.3, 0.4) is 0 Å². The van der Waals surface area contributed by atoms with Gasteiger partial charge in [0, 0.05) is 12.1 Å². The standard InChI is InChI=1S/C7H8BClO2/c1-11-8(10)6-2-4-7(9)5-3-6/h2-5,10H,1H3. The highest BCUT2D eigenvalue weighted by atomic mass is 35.5. The molecule has 0 saturated heterocycles. The highest BCUT2D eigenvalue weighted by molar-refractivity contribution is 6.59. The topological polar surface area (TPSA) is 29.5 Å². The molecule has 0 aliphatic carbocycles. The quantitative estimate of drug-likeness (QED) is 0.661. The first-order chi connectivity index (χ1) is 5.24. The van der Waals surface area contributed by atoms with Crippen LogP contribution < -0.4 is 5.46 Å². The van der Waals surface area contributed by atoms with E-state index in [9.17, 15) is 0 Å². The van der Waals surface area contributed by atoms with E-state index in [-0.39, 0.29) is 0 Å². The molecule has 0 amide bonds. The molecule has 58 valence electrons. The van der Waals surface area contributed by atoms with Gasteiger partial charge in [-0.1, -0.05) is 23.7 Å². The minimum atomic E-state index is -0.854. The van der Waals surface area contributed by atoms with E-state index < -0.39 is 7.12 Å². The van der Waals surface area contributed by atoms with Crippen LogP contribution in [0, 0.1) is 0 Å². The van der Waals surface area contributed by atoms with Crippen molar-refractivity contribution in [3.05, 3.63) is 29.3 Å². The van der Waals surface area contributed by atoms with Crippen molar-refractivity contribution in [3.63, 3.8) is 0 Å². The highest BCUT2D eigenvalue weighted by Crippen LogP contribution is 2.03. The van der Waals surface area contributed by atoms with Crippen LogP contribution in [0.4, 0.5) is 0 Å². The molecule has 0 atom stereocenters. The van der Waals surface area contributed by atoms with Gasteiger partial charge in [0.05, 0.1) is 0 Å². The van der Waals surface area contributed by atoms with Crippen LogP contribution in [0.25, 0.3) is 0 Å². The van der Waals surface area contributed by atoms with E-state index in [0.29, 0.717) is 10.5 Å². The summed E-state index contributed by atoms with van der Waals surface area (Å²) in [7, 11) is 0.589. The summed E-state index contributed by atoms with van der Waals surface area (Å²) in [5.41, 5.74) is 0.705. The van der Waals surface area contributed by atoms with Crippen LogP contribution in [0.15, 0.2) is 24.3 Å². The maximum Gasteiger partial charge on any atom is 0.490 e. The predicted octanol–water partition coefficient (Wildman–Crippen LogP) is 0.674. The Labute approximate surface area is 70.9 Å². The largest absolute Gasteiger partial charge is 0.490 e. The smallest absolute Gasteiger partial charge is 0.423 e. The number of benzene rings is 1. The van der Waals surface area contributed by atoms with E-state index in [1.807, 2.05) is 0 Å². The summed E-state index contributed by atoms with van der Waals surface area (Å²) in [5, 5.41) is 9.80. The lowest BCUT2D eigenvalue weighted by molar-refractivity contribution is 0.341. The molecule has 2 nitrogen and oxygen atoms in total. The van der Waals surface area contributed by atoms with Crippen LogP contribution in [-0.4, -0.2) is 19.3 Å². The molecule has 1 aromatic rings. The van der Waals surface area contributed by atoms with Gasteiger partial charge in [-0.2, -0.15) is 0 Å². The molecule has 0 aliphatic heterocycles. The van der Waals surface area contributed by atoms with Gasteiger partial charge in [0.15, 0.2) is 0 Å². The molecule has 1 rings (SSSR count). The molecular weight excluding hydrogens is 162 g/mol. The van der Waals surface area contributed by atoms with Gasteiger partial charge >= 0.3 is 7.12 Å². The Kier molecular flexibility index (Phi) is 2.94. The molecule has 0 spiro atoms. The minimum Gasteiger partial charge on any atom is -0.423 e. The van der Waals surface area contributed by atoms with E-state index in [1.54, 1.807) is 24.3 Å². The monoisotopic (exact) mass is 170 g/mol. The average molecular weight is 170 g/mol.